The number of anilines is 1. The van der Waals surface area contributed by atoms with Gasteiger partial charge in [-0.15, -0.1) is 5.92 Å². The maximum Gasteiger partial charge on any atom is 0.0372 e. The van der Waals surface area contributed by atoms with E-state index in [4.69, 9.17) is 0 Å². The van der Waals surface area contributed by atoms with Crippen LogP contribution in [0.25, 0.3) is 0 Å². The van der Waals surface area contributed by atoms with Gasteiger partial charge in [-0.2, -0.15) is 0 Å². The van der Waals surface area contributed by atoms with E-state index in [1.165, 1.54) is 62.6 Å². The number of hydrogen-bond acceptors (Lipinski definition) is 1. The minimum atomic E-state index is 0. The zero-order valence-corrected chi connectivity index (χ0v) is 23.3. The molecule has 37 heavy (non-hydrogen) atoms. The molecule has 4 saturated carbocycles. The van der Waals surface area contributed by atoms with Crippen molar-refractivity contribution in [3.05, 3.63) is 29.3 Å². The maximum absolute atomic E-state index is 3.97. The summed E-state index contributed by atoms with van der Waals surface area (Å²) in [5, 5.41) is 3.97. The highest BCUT2D eigenvalue weighted by atomic mass is 14.9. The zero-order valence-electron chi connectivity index (χ0n) is 23.3. The lowest BCUT2D eigenvalue weighted by molar-refractivity contribution is -0.0697. The smallest absolute Gasteiger partial charge is 0.0372 e. The number of benzene rings is 1. The van der Waals surface area contributed by atoms with Gasteiger partial charge in [0.2, 0.25) is 0 Å². The molecule has 0 aromatic heterocycles. The molecular weight excluding hydrogens is 446 g/mol. The van der Waals surface area contributed by atoms with Crippen molar-refractivity contribution in [2.24, 2.45) is 46.8 Å². The molecule has 5 rings (SSSR count). The third-order valence-electron chi connectivity index (χ3n) is 11.6. The highest BCUT2D eigenvalue weighted by Gasteiger charge is 2.57. The van der Waals surface area contributed by atoms with E-state index >= 15 is 0 Å². The first kappa shape index (κ1) is 30.1. The van der Waals surface area contributed by atoms with E-state index in [0.717, 1.165) is 47.0 Å². The van der Waals surface area contributed by atoms with E-state index in [2.05, 4.69) is 63.1 Å². The summed E-state index contributed by atoms with van der Waals surface area (Å²) in [6.45, 7) is 11.7. The van der Waals surface area contributed by atoms with Crippen LogP contribution in [0.5, 0.6) is 0 Å². The van der Waals surface area contributed by atoms with E-state index in [-0.39, 0.29) is 16.3 Å². The molecule has 210 valence electrons. The van der Waals surface area contributed by atoms with Gasteiger partial charge in [-0.05, 0) is 143 Å². The quantitative estimate of drug-likeness (QED) is 0.377. The van der Waals surface area contributed by atoms with E-state index in [0.29, 0.717) is 11.5 Å². The molecule has 4 aliphatic carbocycles. The first-order chi connectivity index (χ1) is 16.9. The number of fused-ring (bicyclic) bond motifs is 5. The molecule has 1 heteroatoms. The molecular formula is C36H61N. The van der Waals surface area contributed by atoms with Gasteiger partial charge in [0.25, 0.3) is 0 Å². The Morgan fingerprint density at radius 3 is 2.54 bits per heavy atom. The highest BCUT2D eigenvalue weighted by molar-refractivity contribution is 5.55. The van der Waals surface area contributed by atoms with Crippen LogP contribution in [0.1, 0.15) is 132 Å². The van der Waals surface area contributed by atoms with Crippen molar-refractivity contribution in [2.75, 3.05) is 5.32 Å². The molecule has 4 fully saturated rings. The summed E-state index contributed by atoms with van der Waals surface area (Å²) < 4.78 is 0. The lowest BCUT2D eigenvalue weighted by atomic mass is 9.49. The Morgan fingerprint density at radius 1 is 1.03 bits per heavy atom. The normalized spacial score (nSPS) is 36.8. The number of aryl methyl sites for hydroxylation is 1. The van der Waals surface area contributed by atoms with Crippen LogP contribution in [0.15, 0.2) is 18.2 Å². The Bertz CT molecular complexity index is 942. The molecule has 0 radical (unpaired) electrons. The average Bonchev–Trinajstić information content (AvgIpc) is 3.21. The molecule has 4 aliphatic rings. The van der Waals surface area contributed by atoms with Crippen molar-refractivity contribution in [1.82, 2.24) is 0 Å². The SMILES string of the molecule is C.C.CC#Cc1ccc(NC(C)[C@H]2CC[C@H]3[C@@H]4CC[C@@H]5CC(CCCC)CC[C@@H]5[C@H]4CC[C@]23C)c(C)c1.[HH]. The van der Waals surface area contributed by atoms with E-state index < -0.39 is 0 Å². The van der Waals surface area contributed by atoms with Gasteiger partial charge in [0.1, 0.15) is 0 Å². The summed E-state index contributed by atoms with van der Waals surface area (Å²) in [6.07, 6.45) is 18.0. The molecule has 1 N–H and O–H groups in total. The minimum Gasteiger partial charge on any atom is -0.382 e. The van der Waals surface area contributed by atoms with Gasteiger partial charge in [-0.25, -0.2) is 0 Å². The van der Waals surface area contributed by atoms with E-state index in [1.807, 2.05) is 6.92 Å². The van der Waals surface area contributed by atoms with Gasteiger partial charge >= 0.3 is 0 Å². The summed E-state index contributed by atoms with van der Waals surface area (Å²) in [7, 11) is 0. The van der Waals surface area contributed by atoms with Crippen molar-refractivity contribution in [3.63, 3.8) is 0 Å². The molecule has 0 heterocycles. The molecule has 0 aliphatic heterocycles. The van der Waals surface area contributed by atoms with Crippen LogP contribution in [0.4, 0.5) is 5.69 Å². The van der Waals surface area contributed by atoms with Gasteiger partial charge < -0.3 is 5.32 Å². The van der Waals surface area contributed by atoms with Gasteiger partial charge in [-0.1, -0.05) is 60.3 Å². The van der Waals surface area contributed by atoms with Crippen molar-refractivity contribution < 1.29 is 1.43 Å². The third-order valence-corrected chi connectivity index (χ3v) is 11.6. The molecule has 1 aromatic carbocycles. The Labute approximate surface area is 232 Å². The molecule has 0 spiro atoms. The molecule has 9 atom stereocenters. The predicted molar refractivity (Wildman–Crippen MR) is 166 cm³/mol. The summed E-state index contributed by atoms with van der Waals surface area (Å²) >= 11 is 0. The van der Waals surface area contributed by atoms with Crippen LogP contribution in [0, 0.1) is 65.6 Å². The second-order valence-electron chi connectivity index (χ2n) is 13.3. The van der Waals surface area contributed by atoms with Gasteiger partial charge in [-0.3, -0.25) is 0 Å². The Morgan fingerprint density at radius 2 is 1.81 bits per heavy atom. The zero-order chi connectivity index (χ0) is 24.6. The highest BCUT2D eigenvalue weighted by Crippen LogP contribution is 2.65. The molecule has 2 unspecified atom stereocenters. The lowest BCUT2D eigenvalue weighted by Gasteiger charge is -2.57. The molecule has 1 aromatic rings. The number of rotatable bonds is 6. The second-order valence-corrected chi connectivity index (χ2v) is 13.3. The fourth-order valence-electron chi connectivity index (χ4n) is 9.96. The second kappa shape index (κ2) is 12.6. The van der Waals surface area contributed by atoms with Crippen molar-refractivity contribution >= 4 is 5.69 Å². The fraction of sp³-hybridized carbons (Fsp3) is 0.778. The third kappa shape index (κ3) is 5.80. The Balaban J connectivity index is 0.00000169. The fourth-order valence-corrected chi connectivity index (χ4v) is 9.96. The largest absolute Gasteiger partial charge is 0.382 e. The van der Waals surface area contributed by atoms with E-state index in [1.54, 1.807) is 25.7 Å². The van der Waals surface area contributed by atoms with Gasteiger partial charge in [0.05, 0.1) is 0 Å². The first-order valence-electron chi connectivity index (χ1n) is 15.2. The molecule has 1 nitrogen and oxygen atoms in total. The molecule has 0 bridgehead atoms. The molecule has 0 saturated heterocycles. The lowest BCUT2D eigenvalue weighted by Crippen LogP contribution is -2.50. The summed E-state index contributed by atoms with van der Waals surface area (Å²) in [5.41, 5.74) is 4.29. The Hall–Kier alpha value is -1.42. The number of unbranched alkanes of at least 4 members (excludes halogenated alkanes) is 1. The topological polar surface area (TPSA) is 12.0 Å². The number of hydrogen-bond donors (Lipinski definition) is 1. The number of nitrogens with one attached hydrogen (secondary N) is 1. The van der Waals surface area contributed by atoms with Crippen LogP contribution in [0.3, 0.4) is 0 Å². The average molecular weight is 508 g/mol. The predicted octanol–water partition coefficient (Wildman–Crippen LogP) is 10.8. The maximum atomic E-state index is 3.97. The van der Waals surface area contributed by atoms with Crippen molar-refractivity contribution in [3.8, 4) is 11.8 Å². The summed E-state index contributed by atoms with van der Waals surface area (Å²) in [6, 6.07) is 7.22. The van der Waals surface area contributed by atoms with Gasteiger partial charge in [0.15, 0.2) is 0 Å². The van der Waals surface area contributed by atoms with Crippen LogP contribution in [-0.4, -0.2) is 6.04 Å². The molecule has 0 amide bonds. The Kier molecular flexibility index (Phi) is 10.3. The van der Waals surface area contributed by atoms with Crippen LogP contribution >= 0.6 is 0 Å². The first-order valence-corrected chi connectivity index (χ1v) is 15.2. The van der Waals surface area contributed by atoms with Crippen LogP contribution < -0.4 is 5.32 Å². The minimum absolute atomic E-state index is 0. The van der Waals surface area contributed by atoms with Crippen LogP contribution in [0.2, 0.25) is 0 Å². The van der Waals surface area contributed by atoms with Crippen LogP contribution in [-0.2, 0) is 0 Å². The van der Waals surface area contributed by atoms with Crippen molar-refractivity contribution in [2.45, 2.75) is 133 Å². The monoisotopic (exact) mass is 507 g/mol. The summed E-state index contributed by atoms with van der Waals surface area (Å²) in [5.74, 6) is 13.3. The standard InChI is InChI=1S/C34H51N.2CH4.H2/c1-6-8-10-26-11-14-28-27(22-26)13-15-30-29(28)19-20-34(5)31(16-17-32(30)34)24(4)35-33-18-12-25(9-7-2)21-23(33)3;;;/h12,18,21,24,26-32,35H,6,8,10-11,13-17,19-20,22H2,1-5H3;2*1H4;1H/t24?,26?,27-,28+,29-,30-,31-,32+,34-;;;/m1.../s1. The van der Waals surface area contributed by atoms with Crippen molar-refractivity contribution in [1.29, 1.82) is 0 Å². The summed E-state index contributed by atoms with van der Waals surface area (Å²) in [4.78, 5) is 0. The van der Waals surface area contributed by atoms with E-state index in [9.17, 15) is 0 Å². The van der Waals surface area contributed by atoms with Gasteiger partial charge in [0, 0.05) is 18.7 Å².